The van der Waals surface area contributed by atoms with E-state index in [0.717, 1.165) is 0 Å². The molecule has 0 bridgehead atoms. The number of nitrogens with one attached hydrogen (secondary N) is 2. The maximum Gasteiger partial charge on any atom is 0.325 e. The van der Waals surface area contributed by atoms with E-state index in [9.17, 15) is 9.59 Å². The molecule has 3 N–H and O–H groups in total. The van der Waals surface area contributed by atoms with Crippen LogP contribution in [0.5, 0.6) is 0 Å². The number of urea groups is 1. The lowest BCUT2D eigenvalue weighted by Gasteiger charge is -2.11. The van der Waals surface area contributed by atoms with Gasteiger partial charge in [0.25, 0.3) is 0 Å². The summed E-state index contributed by atoms with van der Waals surface area (Å²) in [5.74, 6) is -1.16. The highest BCUT2D eigenvalue weighted by Gasteiger charge is 2.14. The molecule has 0 fully saturated rings. The lowest BCUT2D eigenvalue weighted by atomic mass is 10.2. The summed E-state index contributed by atoms with van der Waals surface area (Å²) in [5, 5.41) is 22.4. The number of carboxylic acids is 1. The monoisotopic (exact) mass is 267 g/mol. The Morgan fingerprint density at radius 3 is 2.72 bits per heavy atom. The molecule has 0 aliphatic heterocycles. The van der Waals surface area contributed by atoms with Crippen molar-refractivity contribution in [3.05, 3.63) is 28.8 Å². The Morgan fingerprint density at radius 1 is 1.50 bits per heavy atom. The Morgan fingerprint density at radius 2 is 2.17 bits per heavy atom. The zero-order valence-electron chi connectivity index (χ0n) is 9.40. The molecule has 1 aromatic rings. The normalized spacial score (nSPS) is 11.2. The van der Waals surface area contributed by atoms with Crippen LogP contribution in [0.4, 0.5) is 10.5 Å². The van der Waals surface area contributed by atoms with Gasteiger partial charge in [0.05, 0.1) is 11.3 Å². The van der Waals surface area contributed by atoms with Crippen molar-refractivity contribution in [3.8, 4) is 6.07 Å². The number of halogens is 1. The molecule has 1 rings (SSSR count). The zero-order chi connectivity index (χ0) is 13.7. The Balaban J connectivity index is 2.79. The van der Waals surface area contributed by atoms with Gasteiger partial charge in [-0.25, -0.2) is 4.79 Å². The molecule has 0 unspecified atom stereocenters. The van der Waals surface area contributed by atoms with Crippen LogP contribution in [0.3, 0.4) is 0 Å². The first kappa shape index (κ1) is 13.8. The maximum absolute atomic E-state index is 11.5. The van der Waals surface area contributed by atoms with Crippen LogP contribution in [0.15, 0.2) is 18.2 Å². The van der Waals surface area contributed by atoms with E-state index in [0.29, 0.717) is 5.02 Å². The van der Waals surface area contributed by atoms with Crippen molar-refractivity contribution in [1.82, 2.24) is 5.32 Å². The van der Waals surface area contributed by atoms with Crippen molar-refractivity contribution >= 4 is 29.3 Å². The smallest absolute Gasteiger partial charge is 0.325 e. The van der Waals surface area contributed by atoms with Gasteiger partial charge in [0, 0.05) is 5.02 Å². The summed E-state index contributed by atoms with van der Waals surface area (Å²) in [7, 11) is 0. The predicted octanol–water partition coefficient (Wildman–Crippen LogP) is 1.81. The van der Waals surface area contributed by atoms with Gasteiger partial charge in [-0.15, -0.1) is 0 Å². The lowest BCUT2D eigenvalue weighted by Crippen LogP contribution is -2.40. The third kappa shape index (κ3) is 3.64. The number of nitriles is 1. The van der Waals surface area contributed by atoms with Gasteiger partial charge < -0.3 is 15.7 Å². The molecule has 7 heteroatoms. The molecule has 1 atom stereocenters. The van der Waals surface area contributed by atoms with Gasteiger partial charge in [-0.05, 0) is 25.1 Å². The van der Waals surface area contributed by atoms with Crippen molar-refractivity contribution in [1.29, 1.82) is 5.26 Å². The molecule has 0 radical (unpaired) electrons. The van der Waals surface area contributed by atoms with E-state index in [1.54, 1.807) is 0 Å². The molecule has 0 saturated heterocycles. The third-order valence-corrected chi connectivity index (χ3v) is 2.30. The molecule has 6 nitrogen and oxygen atoms in total. The number of hydrogen-bond acceptors (Lipinski definition) is 3. The highest BCUT2D eigenvalue weighted by molar-refractivity contribution is 6.31. The predicted molar refractivity (Wildman–Crippen MR) is 65.4 cm³/mol. The number of aliphatic carboxylic acids is 1. The summed E-state index contributed by atoms with van der Waals surface area (Å²) in [5.41, 5.74) is 0.456. The van der Waals surface area contributed by atoms with Crippen molar-refractivity contribution in [2.75, 3.05) is 5.32 Å². The molecular formula is C11H10ClN3O3. The number of carboxylic acid groups (broad SMARTS) is 1. The van der Waals surface area contributed by atoms with Crippen LogP contribution in [0.2, 0.25) is 5.02 Å². The van der Waals surface area contributed by atoms with Crippen molar-refractivity contribution < 1.29 is 14.7 Å². The largest absolute Gasteiger partial charge is 0.480 e. The van der Waals surface area contributed by atoms with Gasteiger partial charge in [0.15, 0.2) is 0 Å². The first-order chi connectivity index (χ1) is 8.43. The van der Waals surface area contributed by atoms with Gasteiger partial charge in [-0.2, -0.15) is 5.26 Å². The van der Waals surface area contributed by atoms with E-state index in [1.165, 1.54) is 25.1 Å². The Kier molecular flexibility index (Phi) is 4.52. The molecule has 0 aromatic heterocycles. The van der Waals surface area contributed by atoms with Crippen LogP contribution in [0.25, 0.3) is 0 Å². The molecular weight excluding hydrogens is 258 g/mol. The van der Waals surface area contributed by atoms with Crippen molar-refractivity contribution in [3.63, 3.8) is 0 Å². The molecule has 2 amide bonds. The minimum atomic E-state index is -1.16. The summed E-state index contributed by atoms with van der Waals surface area (Å²) in [4.78, 5) is 22.0. The molecule has 18 heavy (non-hydrogen) atoms. The van der Waals surface area contributed by atoms with Crippen LogP contribution < -0.4 is 10.6 Å². The second-order valence-electron chi connectivity index (χ2n) is 3.46. The van der Waals surface area contributed by atoms with Gasteiger partial charge in [0.1, 0.15) is 12.1 Å². The Bertz CT molecular complexity index is 525. The van der Waals surface area contributed by atoms with Gasteiger partial charge in [-0.3, -0.25) is 4.79 Å². The van der Waals surface area contributed by atoms with E-state index in [-0.39, 0.29) is 11.3 Å². The minimum Gasteiger partial charge on any atom is -0.480 e. The van der Waals surface area contributed by atoms with Crippen LogP contribution in [0.1, 0.15) is 12.5 Å². The average Bonchev–Trinajstić information content (AvgIpc) is 2.28. The zero-order valence-corrected chi connectivity index (χ0v) is 10.2. The number of amides is 2. The molecule has 0 aliphatic carbocycles. The lowest BCUT2D eigenvalue weighted by molar-refractivity contribution is -0.138. The Hall–Kier alpha value is -2.26. The molecule has 0 aliphatic rings. The van der Waals surface area contributed by atoms with E-state index in [4.69, 9.17) is 22.0 Å². The van der Waals surface area contributed by atoms with E-state index in [2.05, 4.69) is 10.6 Å². The van der Waals surface area contributed by atoms with Crippen LogP contribution in [-0.4, -0.2) is 23.1 Å². The summed E-state index contributed by atoms with van der Waals surface area (Å²) in [6, 6.07) is 4.52. The highest BCUT2D eigenvalue weighted by atomic mass is 35.5. The van der Waals surface area contributed by atoms with Gasteiger partial charge in [0.2, 0.25) is 0 Å². The Labute approximate surface area is 108 Å². The topological polar surface area (TPSA) is 102 Å². The molecule has 94 valence electrons. The SMILES string of the molecule is C[C@@H](NC(=O)Nc1cc(Cl)ccc1C#N)C(=O)O. The summed E-state index contributed by atoms with van der Waals surface area (Å²) in [6.45, 7) is 1.32. The number of hydrogen-bond donors (Lipinski definition) is 3. The maximum atomic E-state index is 11.5. The molecule has 0 heterocycles. The third-order valence-electron chi connectivity index (χ3n) is 2.07. The summed E-state index contributed by atoms with van der Waals surface area (Å²) < 4.78 is 0. The first-order valence-corrected chi connectivity index (χ1v) is 5.32. The number of carbonyl (C=O) groups excluding carboxylic acids is 1. The fraction of sp³-hybridized carbons (Fsp3) is 0.182. The molecule has 0 saturated carbocycles. The second kappa shape index (κ2) is 5.89. The van der Waals surface area contributed by atoms with Gasteiger partial charge in [-0.1, -0.05) is 11.6 Å². The standard InChI is InChI=1S/C11H10ClN3O3/c1-6(10(16)17)14-11(18)15-9-4-8(12)3-2-7(9)5-13/h2-4,6H,1H3,(H,16,17)(H2,14,15,18)/t6-/m1/s1. The van der Waals surface area contributed by atoms with E-state index in [1.807, 2.05) is 6.07 Å². The molecule has 1 aromatic carbocycles. The number of nitrogens with zero attached hydrogens (tertiary/aromatic N) is 1. The number of anilines is 1. The fourth-order valence-electron chi connectivity index (χ4n) is 1.13. The quantitative estimate of drug-likeness (QED) is 0.777. The van der Waals surface area contributed by atoms with Crippen LogP contribution >= 0.6 is 11.6 Å². The van der Waals surface area contributed by atoms with Gasteiger partial charge >= 0.3 is 12.0 Å². The summed E-state index contributed by atoms with van der Waals surface area (Å²) in [6.07, 6.45) is 0. The number of carbonyl (C=O) groups is 2. The highest BCUT2D eigenvalue weighted by Crippen LogP contribution is 2.20. The van der Waals surface area contributed by atoms with E-state index >= 15 is 0 Å². The summed E-state index contributed by atoms with van der Waals surface area (Å²) >= 11 is 5.74. The van der Waals surface area contributed by atoms with Crippen molar-refractivity contribution in [2.45, 2.75) is 13.0 Å². The van der Waals surface area contributed by atoms with Crippen LogP contribution in [-0.2, 0) is 4.79 Å². The van der Waals surface area contributed by atoms with Crippen LogP contribution in [0, 0.1) is 11.3 Å². The number of benzene rings is 1. The van der Waals surface area contributed by atoms with E-state index < -0.39 is 18.0 Å². The number of rotatable bonds is 3. The van der Waals surface area contributed by atoms with Crippen molar-refractivity contribution in [2.24, 2.45) is 0 Å². The fourth-order valence-corrected chi connectivity index (χ4v) is 1.31. The second-order valence-corrected chi connectivity index (χ2v) is 3.90. The average molecular weight is 268 g/mol. The first-order valence-electron chi connectivity index (χ1n) is 4.94. The minimum absolute atomic E-state index is 0.222. The molecule has 0 spiro atoms.